The van der Waals surface area contributed by atoms with Crippen molar-refractivity contribution < 1.29 is 20.1 Å². The lowest BCUT2D eigenvalue weighted by Gasteiger charge is -2.61. The molecule has 1 aromatic heterocycles. The van der Waals surface area contributed by atoms with Crippen LogP contribution in [0, 0.1) is 5.92 Å². The number of nitrogens with zero attached hydrogens (tertiary/aromatic N) is 2. The molecule has 1 aromatic carbocycles. The number of methoxy groups -OCH3 is 1. The van der Waals surface area contributed by atoms with Crippen LogP contribution >= 0.6 is 0 Å². The first-order valence-corrected chi connectivity index (χ1v) is 10.7. The molecule has 1 saturated carbocycles. The van der Waals surface area contributed by atoms with Crippen LogP contribution in [0.2, 0.25) is 0 Å². The first-order valence-electron chi connectivity index (χ1n) is 10.7. The molecule has 1 saturated heterocycles. The summed E-state index contributed by atoms with van der Waals surface area (Å²) in [5, 5.41) is 42.2. The van der Waals surface area contributed by atoms with Gasteiger partial charge in [-0.15, -0.1) is 0 Å². The topological polar surface area (TPSA) is 102 Å². The Morgan fingerprint density at radius 1 is 1.37 bits per heavy atom. The second kappa shape index (κ2) is 7.64. The van der Waals surface area contributed by atoms with Crippen molar-refractivity contribution in [3.63, 3.8) is 0 Å². The highest BCUT2D eigenvalue weighted by Gasteiger charge is 2.63. The van der Waals surface area contributed by atoms with Crippen molar-refractivity contribution in [3.8, 4) is 0 Å². The summed E-state index contributed by atoms with van der Waals surface area (Å²) < 4.78 is 5.62. The molecule has 0 unspecified atom stereocenters. The van der Waals surface area contributed by atoms with Crippen molar-refractivity contribution >= 4 is 16.6 Å². The first-order chi connectivity index (χ1) is 14.2. The van der Waals surface area contributed by atoms with Gasteiger partial charge in [-0.2, -0.15) is 5.10 Å². The van der Waals surface area contributed by atoms with Crippen molar-refractivity contribution in [1.82, 2.24) is 10.2 Å². The Balaban J connectivity index is 1.81. The summed E-state index contributed by atoms with van der Waals surface area (Å²) in [5.74, 6) is -0.594. The van der Waals surface area contributed by atoms with E-state index in [9.17, 15) is 15.3 Å². The zero-order chi connectivity index (χ0) is 21.7. The SMILES string of the molecule is CO[C@@H]1[C@H](O)CC[C@]2(O)CN(c3ccc4[nH]ncc4c3)[C@@H](CC=C(C)C)[C@](C)(O)[C@@H]12. The number of aromatic nitrogens is 2. The van der Waals surface area contributed by atoms with Gasteiger partial charge in [0.25, 0.3) is 0 Å². The number of anilines is 1. The third kappa shape index (κ3) is 3.43. The van der Waals surface area contributed by atoms with Crippen LogP contribution in [0.5, 0.6) is 0 Å². The Hall–Kier alpha value is -1.93. The number of aliphatic hydroxyl groups is 3. The van der Waals surface area contributed by atoms with E-state index in [-0.39, 0.29) is 6.04 Å². The lowest BCUT2D eigenvalue weighted by Crippen LogP contribution is -2.75. The number of ether oxygens (including phenoxy) is 1. The summed E-state index contributed by atoms with van der Waals surface area (Å²) in [6, 6.07) is 5.73. The second-order valence-electron chi connectivity index (χ2n) is 9.42. The third-order valence-electron chi connectivity index (χ3n) is 7.06. The molecule has 7 nitrogen and oxygen atoms in total. The number of rotatable bonds is 4. The number of hydrogen-bond acceptors (Lipinski definition) is 6. The van der Waals surface area contributed by atoms with E-state index in [1.807, 2.05) is 32.0 Å². The summed E-state index contributed by atoms with van der Waals surface area (Å²) in [4.78, 5) is 2.12. The van der Waals surface area contributed by atoms with E-state index < -0.39 is 29.3 Å². The minimum absolute atomic E-state index is 0.287. The van der Waals surface area contributed by atoms with Crippen molar-refractivity contribution in [2.75, 3.05) is 18.6 Å². The minimum atomic E-state index is -1.29. The molecule has 7 heteroatoms. The van der Waals surface area contributed by atoms with Crippen LogP contribution in [0.25, 0.3) is 10.9 Å². The van der Waals surface area contributed by atoms with E-state index in [2.05, 4.69) is 21.2 Å². The number of benzene rings is 1. The molecule has 2 aromatic rings. The number of nitrogens with one attached hydrogen (secondary N) is 1. The number of H-pyrrole nitrogens is 1. The minimum Gasteiger partial charge on any atom is -0.390 e. The number of fused-ring (bicyclic) bond motifs is 2. The molecule has 0 bridgehead atoms. The van der Waals surface area contributed by atoms with Gasteiger partial charge in [0.1, 0.15) is 0 Å². The van der Waals surface area contributed by atoms with Crippen LogP contribution in [0.15, 0.2) is 36.0 Å². The van der Waals surface area contributed by atoms with Gasteiger partial charge in [0.15, 0.2) is 0 Å². The maximum atomic E-state index is 11.9. The molecule has 6 atom stereocenters. The van der Waals surface area contributed by atoms with Crippen LogP contribution in [0.1, 0.15) is 40.0 Å². The van der Waals surface area contributed by atoms with Crippen molar-refractivity contribution in [1.29, 1.82) is 0 Å². The zero-order valence-corrected chi connectivity index (χ0v) is 18.2. The Labute approximate surface area is 177 Å². The van der Waals surface area contributed by atoms with Crippen LogP contribution in [0.3, 0.4) is 0 Å². The van der Waals surface area contributed by atoms with Crippen LogP contribution in [0.4, 0.5) is 5.69 Å². The van der Waals surface area contributed by atoms with E-state index in [1.165, 1.54) is 5.57 Å². The van der Waals surface area contributed by atoms with E-state index >= 15 is 0 Å². The average Bonchev–Trinajstić information content (AvgIpc) is 3.15. The van der Waals surface area contributed by atoms with E-state index in [4.69, 9.17) is 4.74 Å². The Bertz CT molecular complexity index is 935. The molecule has 2 heterocycles. The third-order valence-corrected chi connectivity index (χ3v) is 7.06. The predicted octanol–water partition coefficient (Wildman–Crippen LogP) is 2.38. The second-order valence-corrected chi connectivity index (χ2v) is 9.42. The molecule has 4 N–H and O–H groups in total. The summed E-state index contributed by atoms with van der Waals surface area (Å²) in [7, 11) is 1.54. The fraction of sp³-hybridized carbons (Fsp3) is 0.609. The largest absolute Gasteiger partial charge is 0.390 e. The van der Waals surface area contributed by atoms with Crippen LogP contribution in [-0.2, 0) is 4.74 Å². The maximum absolute atomic E-state index is 11.9. The summed E-state index contributed by atoms with van der Waals surface area (Å²) in [6.07, 6.45) is 4.05. The van der Waals surface area contributed by atoms with Gasteiger partial charge in [0.2, 0.25) is 0 Å². The summed E-state index contributed by atoms with van der Waals surface area (Å²) >= 11 is 0. The van der Waals surface area contributed by atoms with Gasteiger partial charge in [-0.3, -0.25) is 5.10 Å². The number of allylic oxidation sites excluding steroid dienone is 1. The van der Waals surface area contributed by atoms with Gasteiger partial charge in [0.05, 0.1) is 41.2 Å². The first kappa shape index (κ1) is 21.3. The standard InChI is InChI=1S/C23H33N3O4/c1-14(2)5-8-19-22(3,28)21-20(30-4)18(27)9-10-23(21,29)13-26(19)16-6-7-17-15(11-16)12-24-25-17/h5-7,11-12,18-21,27-29H,8-10,13H2,1-4H3,(H,24,25)/t18-,19+,20-,21-,22+,23+/m1/s1. The normalized spacial score (nSPS) is 36.6. The molecule has 1 aliphatic carbocycles. The smallest absolute Gasteiger partial charge is 0.0914 e. The molecule has 4 rings (SSSR count). The average molecular weight is 416 g/mol. The highest BCUT2D eigenvalue weighted by molar-refractivity contribution is 5.82. The van der Waals surface area contributed by atoms with Gasteiger partial charge in [-0.05, 0) is 58.2 Å². The summed E-state index contributed by atoms with van der Waals surface area (Å²) in [5.41, 5.74) is 0.593. The number of piperidine rings is 1. The monoisotopic (exact) mass is 415 g/mol. The lowest BCUT2D eigenvalue weighted by molar-refractivity contribution is -0.232. The highest BCUT2D eigenvalue weighted by Crippen LogP contribution is 2.50. The zero-order valence-electron chi connectivity index (χ0n) is 18.2. The fourth-order valence-electron chi connectivity index (χ4n) is 5.61. The van der Waals surface area contributed by atoms with Gasteiger partial charge in [-0.1, -0.05) is 11.6 Å². The van der Waals surface area contributed by atoms with Crippen LogP contribution in [-0.4, -0.2) is 68.6 Å². The molecule has 2 fully saturated rings. The Morgan fingerprint density at radius 3 is 2.83 bits per heavy atom. The maximum Gasteiger partial charge on any atom is 0.0914 e. The lowest BCUT2D eigenvalue weighted by atomic mass is 9.59. The van der Waals surface area contributed by atoms with E-state index in [1.54, 1.807) is 20.2 Å². The Morgan fingerprint density at radius 2 is 2.13 bits per heavy atom. The molecule has 0 amide bonds. The summed E-state index contributed by atoms with van der Waals surface area (Å²) in [6.45, 7) is 6.22. The van der Waals surface area contributed by atoms with E-state index in [0.29, 0.717) is 25.8 Å². The molecule has 0 spiro atoms. The van der Waals surface area contributed by atoms with Crippen molar-refractivity contribution in [2.24, 2.45) is 5.92 Å². The molecule has 0 radical (unpaired) electrons. The molecule has 2 aliphatic rings. The predicted molar refractivity (Wildman–Crippen MR) is 116 cm³/mol. The van der Waals surface area contributed by atoms with Gasteiger partial charge < -0.3 is 25.0 Å². The van der Waals surface area contributed by atoms with E-state index in [0.717, 1.165) is 16.6 Å². The number of β-amino-alcohol motifs (C(OH)–C–C–N with tert-alkyl or cyclic N) is 1. The molecule has 1 aliphatic heterocycles. The van der Waals surface area contributed by atoms with Gasteiger partial charge >= 0.3 is 0 Å². The fourth-order valence-corrected chi connectivity index (χ4v) is 5.61. The van der Waals surface area contributed by atoms with Crippen molar-refractivity contribution in [3.05, 3.63) is 36.0 Å². The van der Waals surface area contributed by atoms with Gasteiger partial charge in [-0.25, -0.2) is 0 Å². The highest BCUT2D eigenvalue weighted by atomic mass is 16.5. The molecule has 164 valence electrons. The van der Waals surface area contributed by atoms with Gasteiger partial charge in [0, 0.05) is 30.6 Å². The Kier molecular flexibility index (Phi) is 5.43. The molecular formula is C23H33N3O4. The quantitative estimate of drug-likeness (QED) is 0.572. The number of aromatic amines is 1. The van der Waals surface area contributed by atoms with Crippen molar-refractivity contribution in [2.45, 2.75) is 69.5 Å². The molecule has 30 heavy (non-hydrogen) atoms. The van der Waals surface area contributed by atoms with Crippen LogP contribution < -0.4 is 4.90 Å². The number of hydrogen-bond donors (Lipinski definition) is 4. The number of aliphatic hydroxyl groups excluding tert-OH is 1. The molecular weight excluding hydrogens is 382 g/mol.